The van der Waals surface area contributed by atoms with E-state index in [0.29, 0.717) is 6.54 Å². The first-order valence-corrected chi connectivity index (χ1v) is 6.93. The van der Waals surface area contributed by atoms with Crippen LogP contribution < -0.4 is 15.4 Å². The molecular weight excluding hydrogens is 256 g/mol. The number of hydrogen-bond acceptors (Lipinski definition) is 4. The van der Waals surface area contributed by atoms with E-state index >= 15 is 0 Å². The van der Waals surface area contributed by atoms with Gasteiger partial charge in [-0.15, -0.1) is 0 Å². The van der Waals surface area contributed by atoms with Crippen molar-refractivity contribution in [2.75, 3.05) is 26.1 Å². The van der Waals surface area contributed by atoms with E-state index in [1.54, 1.807) is 20.3 Å². The zero-order valence-corrected chi connectivity index (χ0v) is 12.0. The first kappa shape index (κ1) is 14.8. The predicted molar refractivity (Wildman–Crippen MR) is 78.1 cm³/mol. The van der Waals surface area contributed by atoms with Crippen LogP contribution in [0.1, 0.15) is 19.3 Å². The van der Waals surface area contributed by atoms with E-state index in [2.05, 4.69) is 10.6 Å². The van der Waals surface area contributed by atoms with Crippen LogP contribution in [0.15, 0.2) is 24.3 Å². The van der Waals surface area contributed by atoms with Crippen LogP contribution in [0.2, 0.25) is 0 Å². The molecule has 0 heterocycles. The second-order valence-electron chi connectivity index (χ2n) is 4.97. The lowest BCUT2D eigenvalue weighted by atomic mass is 10.2. The molecule has 0 radical (unpaired) electrons. The van der Waals surface area contributed by atoms with Gasteiger partial charge in [-0.3, -0.25) is 4.79 Å². The molecule has 5 nitrogen and oxygen atoms in total. The molecule has 2 rings (SSSR count). The zero-order valence-electron chi connectivity index (χ0n) is 12.0. The van der Waals surface area contributed by atoms with Gasteiger partial charge in [0.25, 0.3) is 0 Å². The minimum Gasteiger partial charge on any atom is -0.497 e. The topological polar surface area (TPSA) is 59.6 Å². The van der Waals surface area contributed by atoms with Crippen LogP contribution in [0.25, 0.3) is 0 Å². The first-order valence-electron chi connectivity index (χ1n) is 6.93. The molecule has 20 heavy (non-hydrogen) atoms. The second-order valence-corrected chi connectivity index (χ2v) is 4.97. The third-order valence-electron chi connectivity index (χ3n) is 3.63. The van der Waals surface area contributed by atoms with Crippen molar-refractivity contribution in [3.63, 3.8) is 0 Å². The third-order valence-corrected chi connectivity index (χ3v) is 3.63. The standard InChI is InChI=1S/C15H22N2O3/c1-19-12-6-3-5-11(9-12)17-15(18)10-16-13-7-4-8-14(13)20-2/h3,5-6,9,13-14,16H,4,7-8,10H2,1-2H3,(H,17,18). The Morgan fingerprint density at radius 2 is 2.20 bits per heavy atom. The summed E-state index contributed by atoms with van der Waals surface area (Å²) < 4.78 is 10.5. The number of amides is 1. The Morgan fingerprint density at radius 3 is 2.95 bits per heavy atom. The average Bonchev–Trinajstić information content (AvgIpc) is 2.93. The summed E-state index contributed by atoms with van der Waals surface area (Å²) in [6.07, 6.45) is 3.49. The summed E-state index contributed by atoms with van der Waals surface area (Å²) in [6.45, 7) is 0.293. The molecule has 0 bridgehead atoms. The molecule has 2 atom stereocenters. The van der Waals surface area contributed by atoms with Crippen LogP contribution in [0.4, 0.5) is 5.69 Å². The van der Waals surface area contributed by atoms with Crippen LogP contribution in [0.5, 0.6) is 5.75 Å². The molecule has 1 aromatic rings. The van der Waals surface area contributed by atoms with Crippen molar-refractivity contribution in [2.45, 2.75) is 31.4 Å². The van der Waals surface area contributed by atoms with Gasteiger partial charge in [-0.2, -0.15) is 0 Å². The summed E-state index contributed by atoms with van der Waals surface area (Å²) >= 11 is 0. The molecule has 110 valence electrons. The van der Waals surface area contributed by atoms with Crippen molar-refractivity contribution in [1.82, 2.24) is 5.32 Å². The first-order chi connectivity index (χ1) is 9.72. The second kappa shape index (κ2) is 7.26. The fourth-order valence-electron chi connectivity index (χ4n) is 2.57. The fraction of sp³-hybridized carbons (Fsp3) is 0.533. The van der Waals surface area contributed by atoms with E-state index in [1.165, 1.54) is 0 Å². The normalized spacial score (nSPS) is 21.7. The van der Waals surface area contributed by atoms with E-state index in [4.69, 9.17) is 9.47 Å². The lowest BCUT2D eigenvalue weighted by molar-refractivity contribution is -0.115. The largest absolute Gasteiger partial charge is 0.497 e. The highest BCUT2D eigenvalue weighted by Crippen LogP contribution is 2.21. The molecule has 1 amide bonds. The van der Waals surface area contributed by atoms with E-state index in [1.807, 2.05) is 18.2 Å². The third kappa shape index (κ3) is 3.95. The summed E-state index contributed by atoms with van der Waals surface area (Å²) in [5.41, 5.74) is 0.742. The van der Waals surface area contributed by atoms with Crippen molar-refractivity contribution in [3.8, 4) is 5.75 Å². The van der Waals surface area contributed by atoms with Gasteiger partial charge in [-0.25, -0.2) is 0 Å². The smallest absolute Gasteiger partial charge is 0.238 e. The van der Waals surface area contributed by atoms with Gasteiger partial charge in [0.05, 0.1) is 19.8 Å². The molecule has 1 aliphatic carbocycles. The SMILES string of the molecule is COc1cccc(NC(=O)CNC2CCCC2OC)c1. The molecule has 0 spiro atoms. The Morgan fingerprint density at radius 1 is 1.35 bits per heavy atom. The van der Waals surface area contributed by atoms with Gasteiger partial charge in [0.2, 0.25) is 5.91 Å². The number of anilines is 1. The molecule has 1 fully saturated rings. The van der Waals surface area contributed by atoms with Crippen molar-refractivity contribution in [3.05, 3.63) is 24.3 Å². The Hall–Kier alpha value is -1.59. The van der Waals surface area contributed by atoms with Gasteiger partial charge in [0.1, 0.15) is 5.75 Å². The summed E-state index contributed by atoms with van der Waals surface area (Å²) in [5.74, 6) is 0.672. The molecule has 2 unspecified atom stereocenters. The van der Waals surface area contributed by atoms with Gasteiger partial charge >= 0.3 is 0 Å². The Bertz CT molecular complexity index is 450. The van der Waals surface area contributed by atoms with Gasteiger partial charge in [0.15, 0.2) is 0 Å². The van der Waals surface area contributed by atoms with Gasteiger partial charge in [-0.1, -0.05) is 6.07 Å². The summed E-state index contributed by atoms with van der Waals surface area (Å²) in [6, 6.07) is 7.60. The van der Waals surface area contributed by atoms with Crippen molar-refractivity contribution < 1.29 is 14.3 Å². The molecule has 0 aliphatic heterocycles. The summed E-state index contributed by atoms with van der Waals surface area (Å²) in [4.78, 5) is 11.9. The van der Waals surface area contributed by atoms with Gasteiger partial charge in [0, 0.05) is 24.9 Å². The Balaban J connectivity index is 1.80. The van der Waals surface area contributed by atoms with E-state index in [0.717, 1.165) is 30.7 Å². The van der Waals surface area contributed by atoms with Crippen LogP contribution >= 0.6 is 0 Å². The predicted octanol–water partition coefficient (Wildman–Crippen LogP) is 1.79. The van der Waals surface area contributed by atoms with Crippen LogP contribution in [-0.2, 0) is 9.53 Å². The minimum absolute atomic E-state index is 0.0555. The molecule has 2 N–H and O–H groups in total. The molecule has 1 aliphatic rings. The summed E-state index contributed by atoms with van der Waals surface area (Å²) in [5, 5.41) is 6.11. The molecule has 1 saturated carbocycles. The highest BCUT2D eigenvalue weighted by atomic mass is 16.5. The average molecular weight is 278 g/mol. The lowest BCUT2D eigenvalue weighted by Crippen LogP contribution is -2.41. The van der Waals surface area contributed by atoms with Crippen LogP contribution in [0.3, 0.4) is 0 Å². The quantitative estimate of drug-likeness (QED) is 0.833. The number of hydrogen-bond donors (Lipinski definition) is 2. The maximum atomic E-state index is 11.9. The lowest BCUT2D eigenvalue weighted by Gasteiger charge is -2.19. The number of benzene rings is 1. The van der Waals surface area contributed by atoms with Gasteiger partial charge < -0.3 is 20.1 Å². The van der Waals surface area contributed by atoms with Gasteiger partial charge in [-0.05, 0) is 31.4 Å². The number of carbonyl (C=O) groups excluding carboxylic acids is 1. The number of rotatable bonds is 6. The van der Waals surface area contributed by atoms with Crippen molar-refractivity contribution in [2.24, 2.45) is 0 Å². The highest BCUT2D eigenvalue weighted by Gasteiger charge is 2.26. The molecule has 1 aromatic carbocycles. The molecule has 5 heteroatoms. The monoisotopic (exact) mass is 278 g/mol. The Kier molecular flexibility index (Phi) is 5.38. The minimum atomic E-state index is -0.0555. The maximum absolute atomic E-state index is 11.9. The zero-order chi connectivity index (χ0) is 14.4. The summed E-state index contributed by atoms with van der Waals surface area (Å²) in [7, 11) is 3.33. The number of methoxy groups -OCH3 is 2. The maximum Gasteiger partial charge on any atom is 0.238 e. The van der Waals surface area contributed by atoms with Crippen LogP contribution in [-0.4, -0.2) is 38.8 Å². The molecular formula is C15H22N2O3. The van der Waals surface area contributed by atoms with E-state index in [9.17, 15) is 4.79 Å². The highest BCUT2D eigenvalue weighted by molar-refractivity contribution is 5.92. The number of nitrogens with one attached hydrogen (secondary N) is 2. The fourth-order valence-corrected chi connectivity index (χ4v) is 2.57. The molecule has 0 saturated heterocycles. The Labute approximate surface area is 119 Å². The van der Waals surface area contributed by atoms with Crippen molar-refractivity contribution in [1.29, 1.82) is 0 Å². The molecule has 0 aromatic heterocycles. The number of ether oxygens (including phenoxy) is 2. The van der Waals surface area contributed by atoms with E-state index < -0.39 is 0 Å². The van der Waals surface area contributed by atoms with Crippen LogP contribution in [0, 0.1) is 0 Å². The van der Waals surface area contributed by atoms with E-state index in [-0.39, 0.29) is 18.1 Å². The van der Waals surface area contributed by atoms with Crippen molar-refractivity contribution >= 4 is 11.6 Å². The number of carbonyl (C=O) groups is 1.